The largest absolute Gasteiger partial charge is 0.416 e. The minimum atomic E-state index is -4.36. The Morgan fingerprint density at radius 3 is 2.10 bits per heavy atom. The standard InChI is InChI=1S/C23H25F3N2O2/c1-3-21(29)27-19-12-13-20(14-19)28(2)22(30)17-6-4-15(5-7-17)16-8-10-18(11-9-16)23(24,25)26/h4-11,19-20H,3,12-14H2,1-2H3,(H,27,29)/t19?,20-/m1/s1. The molecule has 30 heavy (non-hydrogen) atoms. The number of nitrogens with one attached hydrogen (secondary N) is 1. The maximum absolute atomic E-state index is 12.8. The summed E-state index contributed by atoms with van der Waals surface area (Å²) in [6, 6.07) is 12.0. The van der Waals surface area contributed by atoms with Crippen LogP contribution in [0.2, 0.25) is 0 Å². The summed E-state index contributed by atoms with van der Waals surface area (Å²) in [5.41, 5.74) is 1.23. The quantitative estimate of drug-likeness (QED) is 0.752. The molecule has 3 rings (SSSR count). The molecule has 1 fully saturated rings. The summed E-state index contributed by atoms with van der Waals surface area (Å²) < 4.78 is 38.1. The van der Waals surface area contributed by atoms with Gasteiger partial charge in [-0.25, -0.2) is 0 Å². The van der Waals surface area contributed by atoms with Gasteiger partial charge in [0.25, 0.3) is 5.91 Å². The number of benzene rings is 2. The number of halogens is 3. The second-order valence-corrected chi connectivity index (χ2v) is 7.65. The molecule has 1 aliphatic carbocycles. The molecule has 0 spiro atoms. The van der Waals surface area contributed by atoms with Gasteiger partial charge in [0.2, 0.25) is 5.91 Å². The highest BCUT2D eigenvalue weighted by Crippen LogP contribution is 2.31. The van der Waals surface area contributed by atoms with Crippen molar-refractivity contribution in [2.24, 2.45) is 0 Å². The summed E-state index contributed by atoms with van der Waals surface area (Å²) in [5.74, 6) is -0.0880. The molecule has 4 nitrogen and oxygen atoms in total. The lowest BCUT2D eigenvalue weighted by Gasteiger charge is -2.25. The van der Waals surface area contributed by atoms with E-state index >= 15 is 0 Å². The average Bonchev–Trinajstić information content (AvgIpc) is 3.20. The van der Waals surface area contributed by atoms with Crippen molar-refractivity contribution in [1.82, 2.24) is 10.2 Å². The summed E-state index contributed by atoms with van der Waals surface area (Å²) in [6.45, 7) is 1.81. The van der Waals surface area contributed by atoms with Gasteiger partial charge in [-0.1, -0.05) is 31.2 Å². The molecule has 1 saturated carbocycles. The summed E-state index contributed by atoms with van der Waals surface area (Å²) >= 11 is 0. The SMILES string of the molecule is CCC(=O)NC1CC[C@@H](N(C)C(=O)c2ccc(-c3ccc(C(F)(F)F)cc3)cc2)C1. The van der Waals surface area contributed by atoms with Crippen molar-refractivity contribution in [3.8, 4) is 11.1 Å². The Morgan fingerprint density at radius 1 is 1.00 bits per heavy atom. The van der Waals surface area contributed by atoms with Crippen molar-refractivity contribution in [2.45, 2.75) is 50.9 Å². The van der Waals surface area contributed by atoms with Gasteiger partial charge in [0.15, 0.2) is 0 Å². The van der Waals surface area contributed by atoms with Crippen molar-refractivity contribution in [3.63, 3.8) is 0 Å². The predicted octanol–water partition coefficient (Wildman–Crippen LogP) is 4.89. The maximum Gasteiger partial charge on any atom is 0.416 e. The van der Waals surface area contributed by atoms with Crippen LogP contribution in [0.4, 0.5) is 13.2 Å². The minimum absolute atomic E-state index is 0.0217. The number of alkyl halides is 3. The lowest BCUT2D eigenvalue weighted by molar-refractivity contribution is -0.137. The molecule has 1 N–H and O–H groups in total. The molecule has 0 bridgehead atoms. The second kappa shape index (κ2) is 8.90. The van der Waals surface area contributed by atoms with Crippen molar-refractivity contribution in [2.75, 3.05) is 7.05 Å². The molecule has 2 amide bonds. The zero-order valence-electron chi connectivity index (χ0n) is 17.0. The molecule has 7 heteroatoms. The third-order valence-corrected chi connectivity index (χ3v) is 5.64. The molecule has 1 unspecified atom stereocenters. The predicted molar refractivity (Wildman–Crippen MR) is 109 cm³/mol. The first-order valence-electron chi connectivity index (χ1n) is 10.0. The monoisotopic (exact) mass is 418 g/mol. The highest BCUT2D eigenvalue weighted by atomic mass is 19.4. The molecule has 1 aliphatic rings. The van der Waals surface area contributed by atoms with E-state index in [0.29, 0.717) is 17.5 Å². The Labute approximate surface area is 174 Å². The number of nitrogens with zero attached hydrogens (tertiary/aromatic N) is 1. The molecule has 0 radical (unpaired) electrons. The van der Waals surface area contributed by atoms with Crippen LogP contribution in [-0.2, 0) is 11.0 Å². The van der Waals surface area contributed by atoms with Crippen LogP contribution in [-0.4, -0.2) is 35.8 Å². The number of rotatable bonds is 5. The van der Waals surface area contributed by atoms with Crippen LogP contribution >= 0.6 is 0 Å². The van der Waals surface area contributed by atoms with Gasteiger partial charge in [0.1, 0.15) is 0 Å². The van der Waals surface area contributed by atoms with E-state index in [-0.39, 0.29) is 23.9 Å². The van der Waals surface area contributed by atoms with Gasteiger partial charge in [0.05, 0.1) is 5.56 Å². The van der Waals surface area contributed by atoms with Crippen molar-refractivity contribution >= 4 is 11.8 Å². The number of hydrogen-bond acceptors (Lipinski definition) is 2. The van der Waals surface area contributed by atoms with E-state index in [4.69, 9.17) is 0 Å². The molecule has 0 aromatic heterocycles. The van der Waals surface area contributed by atoms with E-state index in [1.807, 2.05) is 6.92 Å². The normalized spacial score (nSPS) is 18.8. The zero-order chi connectivity index (χ0) is 21.9. The average molecular weight is 418 g/mol. The summed E-state index contributed by atoms with van der Waals surface area (Å²) in [7, 11) is 1.76. The van der Waals surface area contributed by atoms with Gasteiger partial charge in [-0.05, 0) is 54.7 Å². The zero-order valence-corrected chi connectivity index (χ0v) is 17.0. The molecule has 2 aromatic carbocycles. The van der Waals surface area contributed by atoms with E-state index in [2.05, 4.69) is 5.32 Å². The van der Waals surface area contributed by atoms with Crippen LogP contribution in [0.1, 0.15) is 48.5 Å². The Kier molecular flexibility index (Phi) is 6.48. The fourth-order valence-electron chi connectivity index (χ4n) is 3.80. The minimum Gasteiger partial charge on any atom is -0.353 e. The Bertz CT molecular complexity index is 892. The van der Waals surface area contributed by atoms with Crippen LogP contribution in [0.3, 0.4) is 0 Å². The van der Waals surface area contributed by atoms with Crippen molar-refractivity contribution < 1.29 is 22.8 Å². The molecule has 2 atom stereocenters. The topological polar surface area (TPSA) is 49.4 Å². The smallest absolute Gasteiger partial charge is 0.353 e. The molecule has 2 aromatic rings. The Balaban J connectivity index is 1.64. The number of carbonyl (C=O) groups excluding carboxylic acids is 2. The first-order valence-corrected chi connectivity index (χ1v) is 10.0. The van der Waals surface area contributed by atoms with Gasteiger partial charge < -0.3 is 10.2 Å². The van der Waals surface area contributed by atoms with Crippen LogP contribution in [0.5, 0.6) is 0 Å². The van der Waals surface area contributed by atoms with E-state index in [1.165, 1.54) is 12.1 Å². The third kappa shape index (κ3) is 5.01. The maximum atomic E-state index is 12.8. The van der Waals surface area contributed by atoms with Gasteiger partial charge >= 0.3 is 6.18 Å². The van der Waals surface area contributed by atoms with E-state index in [0.717, 1.165) is 37.0 Å². The van der Waals surface area contributed by atoms with Gasteiger partial charge in [-0.15, -0.1) is 0 Å². The second-order valence-electron chi connectivity index (χ2n) is 7.65. The highest BCUT2D eigenvalue weighted by Gasteiger charge is 2.31. The molecular formula is C23H25F3N2O2. The molecular weight excluding hydrogens is 393 g/mol. The number of amides is 2. The van der Waals surface area contributed by atoms with Crippen molar-refractivity contribution in [1.29, 1.82) is 0 Å². The van der Waals surface area contributed by atoms with Crippen LogP contribution in [0.25, 0.3) is 11.1 Å². The lowest BCUT2D eigenvalue weighted by atomic mass is 10.0. The third-order valence-electron chi connectivity index (χ3n) is 5.64. The van der Waals surface area contributed by atoms with Crippen LogP contribution in [0.15, 0.2) is 48.5 Å². The van der Waals surface area contributed by atoms with E-state index in [9.17, 15) is 22.8 Å². The molecule has 0 saturated heterocycles. The highest BCUT2D eigenvalue weighted by molar-refractivity contribution is 5.94. The molecule has 0 aliphatic heterocycles. The molecule has 0 heterocycles. The fraction of sp³-hybridized carbons (Fsp3) is 0.391. The number of hydrogen-bond donors (Lipinski definition) is 1. The fourth-order valence-corrected chi connectivity index (χ4v) is 3.80. The summed E-state index contributed by atoms with van der Waals surface area (Å²) in [4.78, 5) is 26.1. The molecule has 160 valence electrons. The van der Waals surface area contributed by atoms with Crippen LogP contribution < -0.4 is 5.32 Å². The summed E-state index contributed by atoms with van der Waals surface area (Å²) in [5, 5.41) is 2.98. The first kappa shape index (κ1) is 21.9. The lowest BCUT2D eigenvalue weighted by Crippen LogP contribution is -2.38. The van der Waals surface area contributed by atoms with Gasteiger partial charge in [-0.2, -0.15) is 13.2 Å². The first-order chi connectivity index (χ1) is 14.2. The van der Waals surface area contributed by atoms with E-state index in [1.54, 1.807) is 36.2 Å². The van der Waals surface area contributed by atoms with Gasteiger partial charge in [-0.3, -0.25) is 9.59 Å². The van der Waals surface area contributed by atoms with Crippen LogP contribution in [0, 0.1) is 0 Å². The number of carbonyl (C=O) groups is 2. The van der Waals surface area contributed by atoms with Gasteiger partial charge in [0, 0.05) is 31.1 Å². The summed E-state index contributed by atoms with van der Waals surface area (Å²) in [6.07, 6.45) is -1.50. The van der Waals surface area contributed by atoms with Crippen molar-refractivity contribution in [3.05, 3.63) is 59.7 Å². The van der Waals surface area contributed by atoms with E-state index < -0.39 is 11.7 Å². The Hall–Kier alpha value is -2.83. The Morgan fingerprint density at radius 2 is 1.57 bits per heavy atom.